The quantitative estimate of drug-likeness (QED) is 0.866. The number of nitrogens with zero attached hydrogens (tertiary/aromatic N) is 2. The highest BCUT2D eigenvalue weighted by molar-refractivity contribution is 5.38. The molecular weight excluding hydrogens is 327 g/mol. The Labute approximate surface area is 146 Å². The second-order valence-electron chi connectivity index (χ2n) is 6.70. The van der Waals surface area contributed by atoms with E-state index in [1.54, 1.807) is 0 Å². The minimum absolute atomic E-state index is 0.300. The Morgan fingerprint density at radius 1 is 1.12 bits per heavy atom. The molecule has 0 saturated heterocycles. The molecule has 0 spiro atoms. The monoisotopic (exact) mass is 351 g/mol. The summed E-state index contributed by atoms with van der Waals surface area (Å²) < 4.78 is 42.2. The van der Waals surface area contributed by atoms with E-state index in [4.69, 9.17) is 0 Å². The van der Waals surface area contributed by atoms with Crippen molar-refractivity contribution >= 4 is 0 Å². The molecule has 0 amide bonds. The molecule has 6 heteroatoms. The Bertz CT molecular complexity index is 714. The van der Waals surface area contributed by atoms with Gasteiger partial charge in [-0.25, -0.2) is 18.2 Å². The van der Waals surface area contributed by atoms with Gasteiger partial charge in [-0.15, -0.1) is 0 Å². The third-order valence-electron chi connectivity index (χ3n) is 4.88. The number of hydrogen-bond acceptors (Lipinski definition) is 2. The predicted octanol–water partition coefficient (Wildman–Crippen LogP) is 4.39. The van der Waals surface area contributed by atoms with Crippen LogP contribution in [0.2, 0.25) is 0 Å². The van der Waals surface area contributed by atoms with Gasteiger partial charge in [0, 0.05) is 24.3 Å². The molecule has 3 rings (SSSR count). The second-order valence-corrected chi connectivity index (χ2v) is 6.70. The van der Waals surface area contributed by atoms with Crippen LogP contribution < -0.4 is 5.32 Å². The van der Waals surface area contributed by atoms with Crippen molar-refractivity contribution in [2.45, 2.75) is 64.7 Å². The summed E-state index contributed by atoms with van der Waals surface area (Å²) in [7, 11) is 0. The third kappa shape index (κ3) is 4.06. The van der Waals surface area contributed by atoms with Gasteiger partial charge in [0.05, 0.1) is 11.4 Å². The number of aryl methyl sites for hydroxylation is 1. The van der Waals surface area contributed by atoms with Gasteiger partial charge in [-0.2, -0.15) is 0 Å². The SMILES string of the molecule is CCc1c(CN[C@H]2CC[C@@H](F)CC2)nc(C)n1-c1cc(F)cc(F)c1. The van der Waals surface area contributed by atoms with Crippen LogP contribution >= 0.6 is 0 Å². The molecule has 1 aromatic heterocycles. The van der Waals surface area contributed by atoms with Crippen LogP contribution in [0, 0.1) is 18.6 Å². The number of aromatic nitrogens is 2. The number of rotatable bonds is 5. The van der Waals surface area contributed by atoms with E-state index in [-0.39, 0.29) is 0 Å². The first-order valence-corrected chi connectivity index (χ1v) is 8.89. The lowest BCUT2D eigenvalue weighted by atomic mass is 9.94. The van der Waals surface area contributed by atoms with Crippen LogP contribution in [0.4, 0.5) is 13.2 Å². The number of imidazole rings is 1. The first-order valence-electron chi connectivity index (χ1n) is 8.89. The number of alkyl halides is 1. The lowest BCUT2D eigenvalue weighted by molar-refractivity contribution is 0.219. The average Bonchev–Trinajstić information content (AvgIpc) is 2.89. The molecule has 1 aliphatic carbocycles. The molecule has 1 aliphatic rings. The molecule has 1 fully saturated rings. The largest absolute Gasteiger partial charge is 0.308 e. The van der Waals surface area contributed by atoms with Crippen LogP contribution in [0.15, 0.2) is 18.2 Å². The van der Waals surface area contributed by atoms with Gasteiger partial charge in [-0.3, -0.25) is 0 Å². The van der Waals surface area contributed by atoms with Gasteiger partial charge < -0.3 is 9.88 Å². The van der Waals surface area contributed by atoms with E-state index in [1.165, 1.54) is 12.1 Å². The van der Waals surface area contributed by atoms with Crippen LogP contribution in [-0.2, 0) is 13.0 Å². The molecule has 1 saturated carbocycles. The summed E-state index contributed by atoms with van der Waals surface area (Å²) in [6, 6.07) is 3.80. The average molecular weight is 351 g/mol. The summed E-state index contributed by atoms with van der Waals surface area (Å²) in [5.41, 5.74) is 2.27. The molecule has 1 aromatic carbocycles. The lowest BCUT2D eigenvalue weighted by Crippen LogP contribution is -2.33. The zero-order chi connectivity index (χ0) is 18.0. The van der Waals surface area contributed by atoms with E-state index in [2.05, 4.69) is 10.3 Å². The highest BCUT2D eigenvalue weighted by Crippen LogP contribution is 2.23. The van der Waals surface area contributed by atoms with Crippen LogP contribution in [0.25, 0.3) is 5.69 Å². The standard InChI is InChI=1S/C19H24F3N3/c1-3-19-18(11-23-16-6-4-13(20)5-7-16)24-12(2)25(19)17-9-14(21)8-15(22)10-17/h8-10,13,16,23H,3-7,11H2,1-2H3/t13-,16+. The third-order valence-corrected chi connectivity index (χ3v) is 4.88. The van der Waals surface area contributed by atoms with Crippen LogP contribution in [0.5, 0.6) is 0 Å². The fraction of sp³-hybridized carbons (Fsp3) is 0.526. The van der Waals surface area contributed by atoms with E-state index in [0.717, 1.165) is 30.3 Å². The summed E-state index contributed by atoms with van der Waals surface area (Å²) in [6.45, 7) is 4.41. The summed E-state index contributed by atoms with van der Waals surface area (Å²) in [4.78, 5) is 4.60. The number of nitrogens with one attached hydrogen (secondary N) is 1. The molecule has 1 heterocycles. The van der Waals surface area contributed by atoms with Crippen molar-refractivity contribution in [2.75, 3.05) is 0 Å². The van der Waals surface area contributed by atoms with Crippen LogP contribution in [0.3, 0.4) is 0 Å². The van der Waals surface area contributed by atoms with Gasteiger partial charge >= 0.3 is 0 Å². The number of halogens is 3. The van der Waals surface area contributed by atoms with E-state index >= 15 is 0 Å². The van der Waals surface area contributed by atoms with Crippen molar-refractivity contribution in [1.29, 1.82) is 0 Å². The van der Waals surface area contributed by atoms with Crippen molar-refractivity contribution in [3.8, 4) is 5.69 Å². The van der Waals surface area contributed by atoms with Gasteiger partial charge in [0.1, 0.15) is 23.6 Å². The smallest absolute Gasteiger partial charge is 0.128 e. The molecule has 2 aromatic rings. The zero-order valence-electron chi connectivity index (χ0n) is 14.7. The summed E-state index contributed by atoms with van der Waals surface area (Å²) in [5.74, 6) is -0.508. The van der Waals surface area contributed by atoms with E-state index in [1.807, 2.05) is 18.4 Å². The first kappa shape index (κ1) is 18.0. The molecule has 136 valence electrons. The number of hydrogen-bond donors (Lipinski definition) is 1. The molecule has 1 N–H and O–H groups in total. The zero-order valence-corrected chi connectivity index (χ0v) is 14.7. The lowest BCUT2D eigenvalue weighted by Gasteiger charge is -2.25. The van der Waals surface area contributed by atoms with Crippen molar-refractivity contribution < 1.29 is 13.2 Å². The maximum absolute atomic E-state index is 13.6. The van der Waals surface area contributed by atoms with Crippen molar-refractivity contribution in [2.24, 2.45) is 0 Å². The van der Waals surface area contributed by atoms with Gasteiger partial charge in [-0.1, -0.05) is 6.92 Å². The molecule has 0 unspecified atom stereocenters. The molecule has 0 aliphatic heterocycles. The molecule has 3 nitrogen and oxygen atoms in total. The normalized spacial score (nSPS) is 20.8. The maximum atomic E-state index is 13.6. The van der Waals surface area contributed by atoms with E-state index in [9.17, 15) is 13.2 Å². The number of benzene rings is 1. The fourth-order valence-electron chi connectivity index (χ4n) is 3.65. The van der Waals surface area contributed by atoms with Crippen LogP contribution in [-0.4, -0.2) is 21.8 Å². The minimum Gasteiger partial charge on any atom is -0.308 e. The molecule has 25 heavy (non-hydrogen) atoms. The van der Waals surface area contributed by atoms with E-state index < -0.39 is 17.8 Å². The second kappa shape index (κ2) is 7.60. The Morgan fingerprint density at radius 2 is 1.76 bits per heavy atom. The highest BCUT2D eigenvalue weighted by Gasteiger charge is 2.21. The van der Waals surface area contributed by atoms with Crippen molar-refractivity contribution in [1.82, 2.24) is 14.9 Å². The maximum Gasteiger partial charge on any atom is 0.128 e. The van der Waals surface area contributed by atoms with Crippen molar-refractivity contribution in [3.63, 3.8) is 0 Å². The van der Waals surface area contributed by atoms with Gasteiger partial charge in [0.2, 0.25) is 0 Å². The predicted molar refractivity (Wildman–Crippen MR) is 91.6 cm³/mol. The molecule has 0 atom stereocenters. The Hall–Kier alpha value is -1.82. The highest BCUT2D eigenvalue weighted by atomic mass is 19.1. The first-order chi connectivity index (χ1) is 12.0. The Morgan fingerprint density at radius 3 is 2.36 bits per heavy atom. The van der Waals surface area contributed by atoms with Gasteiger partial charge in [-0.05, 0) is 51.2 Å². The van der Waals surface area contributed by atoms with Crippen molar-refractivity contribution in [3.05, 3.63) is 47.0 Å². The van der Waals surface area contributed by atoms with E-state index in [0.29, 0.717) is 43.4 Å². The molecule has 0 radical (unpaired) electrons. The van der Waals surface area contributed by atoms with Crippen LogP contribution in [0.1, 0.15) is 49.8 Å². The summed E-state index contributed by atoms with van der Waals surface area (Å²) in [5, 5.41) is 3.46. The summed E-state index contributed by atoms with van der Waals surface area (Å²) in [6.07, 6.45) is 2.90. The molecular formula is C19H24F3N3. The fourth-order valence-corrected chi connectivity index (χ4v) is 3.65. The summed E-state index contributed by atoms with van der Waals surface area (Å²) >= 11 is 0. The minimum atomic E-state index is -0.673. The van der Waals surface area contributed by atoms with Gasteiger partial charge in [0.25, 0.3) is 0 Å². The molecule has 0 bridgehead atoms. The topological polar surface area (TPSA) is 29.9 Å². The van der Waals surface area contributed by atoms with Gasteiger partial charge in [0.15, 0.2) is 0 Å². The Balaban J connectivity index is 1.82. The Kier molecular flexibility index (Phi) is 5.47.